The van der Waals surface area contributed by atoms with E-state index in [4.69, 9.17) is 4.74 Å². The molecule has 0 radical (unpaired) electrons. The SMILES string of the molecule is COc1ccccc1C(=O)NC(CCS(C)(=O)=O)C(=O)Nc1ccc(SC)cc1. The van der Waals surface area contributed by atoms with E-state index in [0.717, 1.165) is 11.2 Å². The lowest BCUT2D eigenvalue weighted by atomic mass is 10.1. The molecule has 0 saturated carbocycles. The van der Waals surface area contributed by atoms with Crippen LogP contribution in [0.2, 0.25) is 0 Å². The molecule has 1 unspecified atom stereocenters. The van der Waals surface area contributed by atoms with Crippen LogP contribution in [0.5, 0.6) is 5.75 Å². The fourth-order valence-corrected chi connectivity index (χ4v) is 3.64. The lowest BCUT2D eigenvalue weighted by Gasteiger charge is -2.19. The highest BCUT2D eigenvalue weighted by atomic mass is 32.2. The number of nitrogens with one attached hydrogen (secondary N) is 2. The van der Waals surface area contributed by atoms with Crippen molar-refractivity contribution in [3.63, 3.8) is 0 Å². The smallest absolute Gasteiger partial charge is 0.255 e. The monoisotopic (exact) mass is 436 g/mol. The number of carbonyl (C=O) groups is 2. The van der Waals surface area contributed by atoms with Crippen molar-refractivity contribution in [3.05, 3.63) is 54.1 Å². The minimum atomic E-state index is -3.31. The van der Waals surface area contributed by atoms with Crippen molar-refractivity contribution in [3.8, 4) is 5.75 Å². The lowest BCUT2D eigenvalue weighted by molar-refractivity contribution is -0.118. The predicted molar refractivity (Wildman–Crippen MR) is 115 cm³/mol. The van der Waals surface area contributed by atoms with Gasteiger partial charge in [-0.1, -0.05) is 12.1 Å². The molecular weight excluding hydrogens is 412 g/mol. The number of carbonyl (C=O) groups excluding carboxylic acids is 2. The van der Waals surface area contributed by atoms with Gasteiger partial charge in [0, 0.05) is 16.8 Å². The quantitative estimate of drug-likeness (QED) is 0.586. The van der Waals surface area contributed by atoms with Gasteiger partial charge in [-0.3, -0.25) is 9.59 Å². The van der Waals surface area contributed by atoms with E-state index in [1.165, 1.54) is 7.11 Å². The van der Waals surface area contributed by atoms with Crippen LogP contribution in [0, 0.1) is 0 Å². The second-order valence-electron chi connectivity index (χ2n) is 6.36. The Hall–Kier alpha value is -2.52. The van der Waals surface area contributed by atoms with Crippen LogP contribution in [0.4, 0.5) is 5.69 Å². The summed E-state index contributed by atoms with van der Waals surface area (Å²) in [6.45, 7) is 0. The number of methoxy groups -OCH3 is 1. The lowest BCUT2D eigenvalue weighted by Crippen LogP contribution is -2.44. The summed E-state index contributed by atoms with van der Waals surface area (Å²) in [6.07, 6.45) is 2.99. The summed E-state index contributed by atoms with van der Waals surface area (Å²) in [5, 5.41) is 5.35. The van der Waals surface area contributed by atoms with Crippen LogP contribution in [-0.4, -0.2) is 51.6 Å². The first kappa shape index (κ1) is 22.8. The summed E-state index contributed by atoms with van der Waals surface area (Å²) < 4.78 is 28.3. The number of ether oxygens (including phenoxy) is 1. The Morgan fingerprint density at radius 3 is 2.34 bits per heavy atom. The number of benzene rings is 2. The standard InChI is InChI=1S/C20H24N2O5S2/c1-27-18-7-5-4-6-16(18)19(23)22-17(12-13-29(3,25)26)20(24)21-14-8-10-15(28-2)11-9-14/h4-11,17H,12-13H2,1-3H3,(H,21,24)(H,22,23). The number of hydrogen-bond donors (Lipinski definition) is 2. The van der Waals surface area contributed by atoms with Crippen molar-refractivity contribution in [2.45, 2.75) is 17.4 Å². The highest BCUT2D eigenvalue weighted by Gasteiger charge is 2.24. The minimum absolute atomic E-state index is 0.0472. The summed E-state index contributed by atoms with van der Waals surface area (Å²) in [5.74, 6) is -0.884. The molecule has 0 aliphatic rings. The third-order valence-electron chi connectivity index (χ3n) is 4.11. The fourth-order valence-electron chi connectivity index (χ4n) is 2.57. The molecule has 29 heavy (non-hydrogen) atoms. The molecule has 0 spiro atoms. The first-order valence-electron chi connectivity index (χ1n) is 8.80. The van der Waals surface area contributed by atoms with Crippen LogP contribution in [0.25, 0.3) is 0 Å². The van der Waals surface area contributed by atoms with Gasteiger partial charge in [0.15, 0.2) is 0 Å². The Kier molecular flexibility index (Phi) is 8.10. The zero-order valence-corrected chi connectivity index (χ0v) is 18.1. The average molecular weight is 437 g/mol. The molecule has 156 valence electrons. The van der Waals surface area contributed by atoms with Gasteiger partial charge in [0.1, 0.15) is 21.6 Å². The van der Waals surface area contributed by atoms with Crippen molar-refractivity contribution in [1.29, 1.82) is 0 Å². The van der Waals surface area contributed by atoms with Gasteiger partial charge in [-0.25, -0.2) is 8.42 Å². The van der Waals surface area contributed by atoms with Gasteiger partial charge in [-0.2, -0.15) is 0 Å². The fraction of sp³-hybridized carbons (Fsp3) is 0.300. The van der Waals surface area contributed by atoms with Crippen LogP contribution >= 0.6 is 11.8 Å². The molecule has 9 heteroatoms. The van der Waals surface area contributed by atoms with Crippen molar-refractivity contribution >= 4 is 39.1 Å². The first-order valence-corrected chi connectivity index (χ1v) is 12.1. The molecule has 7 nitrogen and oxygen atoms in total. The molecule has 0 heterocycles. The number of anilines is 1. The van der Waals surface area contributed by atoms with Crippen LogP contribution in [0.1, 0.15) is 16.8 Å². The Balaban J connectivity index is 2.18. The average Bonchev–Trinajstić information content (AvgIpc) is 2.70. The van der Waals surface area contributed by atoms with Gasteiger partial charge in [0.05, 0.1) is 18.4 Å². The zero-order chi connectivity index (χ0) is 21.4. The van der Waals surface area contributed by atoms with E-state index in [1.54, 1.807) is 48.2 Å². The molecule has 0 saturated heterocycles. The molecule has 0 aromatic heterocycles. The third-order valence-corrected chi connectivity index (χ3v) is 5.83. The van der Waals surface area contributed by atoms with E-state index in [0.29, 0.717) is 11.4 Å². The second-order valence-corrected chi connectivity index (χ2v) is 9.50. The van der Waals surface area contributed by atoms with Crippen LogP contribution in [0.15, 0.2) is 53.4 Å². The van der Waals surface area contributed by atoms with E-state index in [-0.39, 0.29) is 17.7 Å². The second kappa shape index (κ2) is 10.3. The van der Waals surface area contributed by atoms with E-state index in [2.05, 4.69) is 10.6 Å². The molecule has 0 aliphatic heterocycles. The molecule has 0 bridgehead atoms. The van der Waals surface area contributed by atoms with E-state index in [9.17, 15) is 18.0 Å². The molecule has 0 fully saturated rings. The van der Waals surface area contributed by atoms with E-state index in [1.807, 2.05) is 18.4 Å². The van der Waals surface area contributed by atoms with Gasteiger partial charge in [-0.05, 0) is 49.1 Å². The van der Waals surface area contributed by atoms with Crippen molar-refractivity contribution in [1.82, 2.24) is 5.32 Å². The van der Waals surface area contributed by atoms with Gasteiger partial charge >= 0.3 is 0 Å². The Labute approximate surface area is 175 Å². The topological polar surface area (TPSA) is 102 Å². The zero-order valence-electron chi connectivity index (χ0n) is 16.5. The molecule has 2 N–H and O–H groups in total. The number of sulfone groups is 1. The largest absolute Gasteiger partial charge is 0.496 e. The van der Waals surface area contributed by atoms with E-state index >= 15 is 0 Å². The van der Waals surface area contributed by atoms with Gasteiger partial charge < -0.3 is 15.4 Å². The summed E-state index contributed by atoms with van der Waals surface area (Å²) in [7, 11) is -1.86. The molecule has 2 rings (SSSR count). The highest BCUT2D eigenvalue weighted by molar-refractivity contribution is 7.98. The van der Waals surface area contributed by atoms with Gasteiger partial charge in [-0.15, -0.1) is 11.8 Å². The van der Waals surface area contributed by atoms with Gasteiger partial charge in [0.2, 0.25) is 5.91 Å². The number of amides is 2. The maximum absolute atomic E-state index is 12.7. The highest BCUT2D eigenvalue weighted by Crippen LogP contribution is 2.19. The van der Waals surface area contributed by atoms with Crippen molar-refractivity contribution in [2.75, 3.05) is 30.7 Å². The number of hydrogen-bond acceptors (Lipinski definition) is 6. The predicted octanol–water partition coefficient (Wildman–Crippen LogP) is 2.59. The molecule has 2 amide bonds. The van der Waals surface area contributed by atoms with E-state index < -0.39 is 27.7 Å². The van der Waals surface area contributed by atoms with Crippen molar-refractivity contribution in [2.24, 2.45) is 0 Å². The molecular formula is C20H24N2O5S2. The molecule has 2 aromatic rings. The third kappa shape index (κ3) is 7.10. The van der Waals surface area contributed by atoms with Gasteiger partial charge in [0.25, 0.3) is 5.91 Å². The maximum atomic E-state index is 12.7. The van der Waals surface area contributed by atoms with Crippen LogP contribution in [-0.2, 0) is 14.6 Å². The Morgan fingerprint density at radius 2 is 1.76 bits per heavy atom. The first-order chi connectivity index (χ1) is 13.7. The maximum Gasteiger partial charge on any atom is 0.255 e. The van der Waals surface area contributed by atoms with Crippen LogP contribution < -0.4 is 15.4 Å². The molecule has 0 aliphatic carbocycles. The Morgan fingerprint density at radius 1 is 1.10 bits per heavy atom. The summed E-state index contributed by atoms with van der Waals surface area (Å²) in [5.41, 5.74) is 0.820. The normalized spacial score (nSPS) is 12.1. The number of thioether (sulfide) groups is 1. The Bertz CT molecular complexity index is 959. The molecule has 1 atom stereocenters. The number of rotatable bonds is 9. The van der Waals surface area contributed by atoms with Crippen LogP contribution in [0.3, 0.4) is 0 Å². The number of para-hydroxylation sites is 1. The summed E-state index contributed by atoms with van der Waals surface area (Å²) >= 11 is 1.57. The molecule has 2 aromatic carbocycles. The minimum Gasteiger partial charge on any atom is -0.496 e. The summed E-state index contributed by atoms with van der Waals surface area (Å²) in [4.78, 5) is 26.5. The summed E-state index contributed by atoms with van der Waals surface area (Å²) in [6, 6.07) is 12.8. The van der Waals surface area contributed by atoms with Crippen molar-refractivity contribution < 1.29 is 22.7 Å².